The van der Waals surface area contributed by atoms with E-state index < -0.39 is 0 Å². The van der Waals surface area contributed by atoms with Crippen molar-refractivity contribution in [2.75, 3.05) is 52.4 Å². The van der Waals surface area contributed by atoms with Gasteiger partial charge in [0, 0.05) is 45.8 Å². The van der Waals surface area contributed by atoms with Gasteiger partial charge in [0.1, 0.15) is 0 Å². The Morgan fingerprint density at radius 2 is 1.61 bits per heavy atom. The predicted molar refractivity (Wildman–Crippen MR) is 107 cm³/mol. The van der Waals surface area contributed by atoms with Crippen LogP contribution in [0.5, 0.6) is 0 Å². The van der Waals surface area contributed by atoms with E-state index in [4.69, 9.17) is 0 Å². The molecule has 0 radical (unpaired) electrons. The summed E-state index contributed by atoms with van der Waals surface area (Å²) in [6.07, 6.45) is 3.49. The highest BCUT2D eigenvalue weighted by Gasteiger charge is 2.37. The molecule has 0 aliphatic carbocycles. The summed E-state index contributed by atoms with van der Waals surface area (Å²) in [7, 11) is 0. The summed E-state index contributed by atoms with van der Waals surface area (Å²) in [4.78, 5) is 31.8. The molecule has 2 atom stereocenters. The monoisotopic (exact) mass is 385 g/mol. The Morgan fingerprint density at radius 1 is 0.893 bits per heavy atom. The molecule has 0 spiro atoms. The smallest absolute Gasteiger partial charge is 0.236 e. The number of piperidine rings is 1. The van der Waals surface area contributed by atoms with Gasteiger partial charge in [-0.15, -0.1) is 0 Å². The predicted octanol–water partition coefficient (Wildman–Crippen LogP) is 0.608. The largest absolute Gasteiger partial charge is 0.342 e. The number of likely N-dealkylation sites (tertiary alicyclic amines) is 1. The van der Waals surface area contributed by atoms with Crippen LogP contribution in [-0.4, -0.2) is 78.9 Å². The molecule has 4 rings (SSSR count). The normalized spacial score (nSPS) is 26.4. The quantitative estimate of drug-likeness (QED) is 0.795. The Bertz CT molecular complexity index is 669. The number of piperazine rings is 1. The molecule has 3 fully saturated rings. The van der Waals surface area contributed by atoms with Gasteiger partial charge in [0.25, 0.3) is 0 Å². The summed E-state index contributed by atoms with van der Waals surface area (Å²) in [5, 5.41) is 0. The van der Waals surface area contributed by atoms with Crippen LogP contribution >= 0.6 is 0 Å². The Hall–Kier alpha value is -1.96. The summed E-state index contributed by atoms with van der Waals surface area (Å²) in [5.74, 6) is 0.352. The molecular formula is C21H31N5O2. The summed E-state index contributed by atoms with van der Waals surface area (Å²) in [5.41, 5.74) is 7.55. The van der Waals surface area contributed by atoms with E-state index in [9.17, 15) is 9.59 Å². The van der Waals surface area contributed by atoms with Crippen molar-refractivity contribution in [2.45, 2.75) is 25.3 Å². The summed E-state index contributed by atoms with van der Waals surface area (Å²) >= 11 is 0. The highest BCUT2D eigenvalue weighted by atomic mass is 16.2. The van der Waals surface area contributed by atoms with Crippen LogP contribution in [0, 0.1) is 5.92 Å². The first-order valence-corrected chi connectivity index (χ1v) is 10.5. The second kappa shape index (κ2) is 9.03. The molecule has 0 bridgehead atoms. The maximum atomic E-state index is 13.1. The molecule has 1 aromatic carbocycles. The first kappa shape index (κ1) is 19.4. The number of hydrazine groups is 1. The van der Waals surface area contributed by atoms with E-state index in [1.165, 1.54) is 6.42 Å². The van der Waals surface area contributed by atoms with Crippen LogP contribution in [0.4, 0.5) is 0 Å². The number of hydrogen-bond acceptors (Lipinski definition) is 5. The maximum Gasteiger partial charge on any atom is 0.236 e. The van der Waals surface area contributed by atoms with Crippen molar-refractivity contribution in [1.82, 2.24) is 25.6 Å². The SMILES string of the molecule is O=C(CN1CCN(C(=O)C2CNNC2c2ccccc2)CC1)N1CCCCC1. The van der Waals surface area contributed by atoms with E-state index in [1.807, 2.05) is 28.0 Å². The number of carbonyl (C=O) groups is 2. The molecule has 3 heterocycles. The zero-order valence-corrected chi connectivity index (χ0v) is 16.5. The number of rotatable bonds is 4. The Morgan fingerprint density at radius 3 is 2.32 bits per heavy atom. The third-order valence-electron chi connectivity index (χ3n) is 6.21. The van der Waals surface area contributed by atoms with Gasteiger partial charge in [-0.3, -0.25) is 19.9 Å². The third kappa shape index (κ3) is 4.37. The standard InChI is InChI=1S/C21H31N5O2/c27-19(25-9-5-2-6-10-25)16-24-11-13-26(14-12-24)21(28)18-15-22-23-20(18)17-7-3-1-4-8-17/h1,3-4,7-8,18,20,22-23H,2,5-6,9-16H2. The number of carbonyl (C=O) groups excluding carboxylic acids is 2. The van der Waals surface area contributed by atoms with Crippen molar-refractivity contribution >= 4 is 11.8 Å². The first-order chi connectivity index (χ1) is 13.7. The molecule has 7 heteroatoms. The van der Waals surface area contributed by atoms with E-state index >= 15 is 0 Å². The van der Waals surface area contributed by atoms with Gasteiger partial charge in [-0.25, -0.2) is 5.43 Å². The lowest BCUT2D eigenvalue weighted by Crippen LogP contribution is -2.53. The lowest BCUT2D eigenvalue weighted by Gasteiger charge is -2.37. The van der Waals surface area contributed by atoms with Crippen LogP contribution < -0.4 is 10.9 Å². The molecular weight excluding hydrogens is 354 g/mol. The van der Waals surface area contributed by atoms with E-state index in [0.29, 0.717) is 26.2 Å². The highest BCUT2D eigenvalue weighted by molar-refractivity contribution is 5.81. The minimum atomic E-state index is -0.0936. The van der Waals surface area contributed by atoms with E-state index in [1.54, 1.807) is 0 Å². The van der Waals surface area contributed by atoms with Crippen LogP contribution in [0.25, 0.3) is 0 Å². The number of benzene rings is 1. The minimum absolute atomic E-state index is 0.00686. The van der Waals surface area contributed by atoms with Crippen LogP contribution in [0.3, 0.4) is 0 Å². The fourth-order valence-corrected chi connectivity index (χ4v) is 4.50. The number of nitrogens with one attached hydrogen (secondary N) is 2. The fraction of sp³-hybridized carbons (Fsp3) is 0.619. The van der Waals surface area contributed by atoms with Crippen LogP contribution in [0.1, 0.15) is 30.9 Å². The Balaban J connectivity index is 1.28. The first-order valence-electron chi connectivity index (χ1n) is 10.5. The van der Waals surface area contributed by atoms with Gasteiger partial charge in [-0.1, -0.05) is 30.3 Å². The van der Waals surface area contributed by atoms with Gasteiger partial charge in [0.05, 0.1) is 18.5 Å². The zero-order valence-electron chi connectivity index (χ0n) is 16.5. The van der Waals surface area contributed by atoms with Crippen LogP contribution in [-0.2, 0) is 9.59 Å². The van der Waals surface area contributed by atoms with Crippen molar-refractivity contribution < 1.29 is 9.59 Å². The second-order valence-corrected chi connectivity index (χ2v) is 8.06. The molecule has 2 amide bonds. The Kier molecular flexibility index (Phi) is 6.24. The molecule has 0 aromatic heterocycles. The van der Waals surface area contributed by atoms with Gasteiger partial charge < -0.3 is 9.80 Å². The van der Waals surface area contributed by atoms with Gasteiger partial charge in [-0.2, -0.15) is 0 Å². The van der Waals surface area contributed by atoms with E-state index in [0.717, 1.165) is 44.6 Å². The fourth-order valence-electron chi connectivity index (χ4n) is 4.50. The molecule has 2 unspecified atom stereocenters. The van der Waals surface area contributed by atoms with Crippen molar-refractivity contribution in [3.63, 3.8) is 0 Å². The second-order valence-electron chi connectivity index (χ2n) is 8.06. The van der Waals surface area contributed by atoms with Crippen molar-refractivity contribution in [1.29, 1.82) is 0 Å². The molecule has 3 saturated heterocycles. The lowest BCUT2D eigenvalue weighted by atomic mass is 9.93. The van der Waals surface area contributed by atoms with Gasteiger partial charge in [-0.05, 0) is 24.8 Å². The van der Waals surface area contributed by atoms with Crippen molar-refractivity contribution in [2.24, 2.45) is 5.92 Å². The molecule has 3 aliphatic heterocycles. The van der Waals surface area contributed by atoms with Crippen LogP contribution in [0.2, 0.25) is 0 Å². The highest BCUT2D eigenvalue weighted by Crippen LogP contribution is 2.26. The molecule has 3 aliphatic rings. The van der Waals surface area contributed by atoms with Crippen molar-refractivity contribution in [3.05, 3.63) is 35.9 Å². The molecule has 2 N–H and O–H groups in total. The lowest BCUT2D eigenvalue weighted by molar-refractivity contribution is -0.138. The summed E-state index contributed by atoms with van der Waals surface area (Å²) in [6, 6.07) is 10.1. The Labute approximate surface area is 167 Å². The van der Waals surface area contributed by atoms with Gasteiger partial charge >= 0.3 is 0 Å². The maximum absolute atomic E-state index is 13.1. The number of amides is 2. The molecule has 152 valence electrons. The molecule has 7 nitrogen and oxygen atoms in total. The number of hydrogen-bond donors (Lipinski definition) is 2. The van der Waals surface area contributed by atoms with Gasteiger partial charge in [0.2, 0.25) is 11.8 Å². The van der Waals surface area contributed by atoms with E-state index in [-0.39, 0.29) is 23.8 Å². The average molecular weight is 386 g/mol. The molecule has 28 heavy (non-hydrogen) atoms. The third-order valence-corrected chi connectivity index (χ3v) is 6.21. The van der Waals surface area contributed by atoms with E-state index in [2.05, 4.69) is 27.9 Å². The average Bonchev–Trinajstić information content (AvgIpc) is 3.25. The summed E-state index contributed by atoms with van der Waals surface area (Å²) in [6.45, 7) is 5.88. The topological polar surface area (TPSA) is 67.9 Å². The minimum Gasteiger partial charge on any atom is -0.342 e. The van der Waals surface area contributed by atoms with Crippen LogP contribution in [0.15, 0.2) is 30.3 Å². The summed E-state index contributed by atoms with van der Waals surface area (Å²) < 4.78 is 0. The van der Waals surface area contributed by atoms with Crippen molar-refractivity contribution in [3.8, 4) is 0 Å². The molecule has 1 aromatic rings. The number of nitrogens with zero attached hydrogens (tertiary/aromatic N) is 3. The molecule has 0 saturated carbocycles. The van der Waals surface area contributed by atoms with Gasteiger partial charge in [0.15, 0.2) is 0 Å². The zero-order chi connectivity index (χ0) is 19.3.